The van der Waals surface area contributed by atoms with Gasteiger partial charge in [-0.15, -0.1) is 0 Å². The lowest BCUT2D eigenvalue weighted by atomic mass is 9.51. The molecule has 0 saturated heterocycles. The molecule has 34 heavy (non-hydrogen) atoms. The largest absolute Gasteiger partial charge is 0.296 e. The Morgan fingerprint density at radius 2 is 1.76 bits per heavy atom. The van der Waals surface area contributed by atoms with Crippen molar-refractivity contribution >= 4 is 10.1 Å². The lowest BCUT2D eigenvalue weighted by molar-refractivity contribution is 0.0233. The first-order valence-electron chi connectivity index (χ1n) is 13.2. The fraction of sp³-hybridized carbons (Fsp3) is 0.600. The zero-order valence-corrected chi connectivity index (χ0v) is 22.2. The Balaban J connectivity index is 1.41. The fourth-order valence-corrected chi connectivity index (χ4v) is 7.50. The van der Waals surface area contributed by atoms with E-state index in [1.807, 2.05) is 19.1 Å². The van der Waals surface area contributed by atoms with Crippen LogP contribution in [0.4, 0.5) is 0 Å². The minimum atomic E-state index is -3.68. The molecule has 2 aromatic rings. The summed E-state index contributed by atoms with van der Waals surface area (Å²) < 4.78 is 30.5. The zero-order valence-electron chi connectivity index (χ0n) is 21.4. The SMILES string of the molecule is Cc1ccc(S(=O)(=O)OCCCC2CC(CCC(C)C)C3(C)CCc4ccccc4C3C2)cc1. The van der Waals surface area contributed by atoms with Crippen molar-refractivity contribution in [3.05, 3.63) is 65.2 Å². The summed E-state index contributed by atoms with van der Waals surface area (Å²) in [5, 5.41) is 0. The Labute approximate surface area is 207 Å². The van der Waals surface area contributed by atoms with Gasteiger partial charge in [0.15, 0.2) is 0 Å². The molecule has 0 bridgehead atoms. The van der Waals surface area contributed by atoms with E-state index in [1.165, 1.54) is 38.5 Å². The van der Waals surface area contributed by atoms with E-state index in [-0.39, 0.29) is 11.5 Å². The van der Waals surface area contributed by atoms with Crippen molar-refractivity contribution in [3.63, 3.8) is 0 Å². The second kappa shape index (κ2) is 10.5. The zero-order chi connectivity index (χ0) is 24.3. The van der Waals surface area contributed by atoms with E-state index < -0.39 is 10.1 Å². The molecule has 0 amide bonds. The van der Waals surface area contributed by atoms with Crippen LogP contribution >= 0.6 is 0 Å². The van der Waals surface area contributed by atoms with E-state index in [0.717, 1.165) is 30.2 Å². The maximum Gasteiger partial charge on any atom is 0.296 e. The monoisotopic (exact) mass is 482 g/mol. The van der Waals surface area contributed by atoms with Gasteiger partial charge in [0, 0.05) is 0 Å². The Bertz CT molecular complexity index is 1060. The summed E-state index contributed by atoms with van der Waals surface area (Å²) >= 11 is 0. The van der Waals surface area contributed by atoms with Crippen molar-refractivity contribution in [1.82, 2.24) is 0 Å². The Morgan fingerprint density at radius 3 is 2.50 bits per heavy atom. The van der Waals surface area contributed by atoms with Crippen LogP contribution in [0, 0.1) is 30.1 Å². The van der Waals surface area contributed by atoms with Crippen LogP contribution in [-0.4, -0.2) is 15.0 Å². The smallest absolute Gasteiger partial charge is 0.266 e. The fourth-order valence-electron chi connectivity index (χ4n) is 6.55. The van der Waals surface area contributed by atoms with E-state index >= 15 is 0 Å². The predicted octanol–water partition coefficient (Wildman–Crippen LogP) is 7.68. The molecule has 0 spiro atoms. The Hall–Kier alpha value is -1.65. The first kappa shape index (κ1) is 25.4. The molecule has 0 radical (unpaired) electrons. The van der Waals surface area contributed by atoms with Gasteiger partial charge < -0.3 is 0 Å². The van der Waals surface area contributed by atoms with E-state index in [2.05, 4.69) is 45.0 Å². The molecule has 0 N–H and O–H groups in total. The van der Waals surface area contributed by atoms with E-state index in [0.29, 0.717) is 17.3 Å². The standard InChI is InChI=1S/C30H42O3S/c1-22(2)11-14-26-20-24(8-7-19-33-34(31,32)27-15-12-23(3)13-16-27)21-29-28-10-6-5-9-25(28)17-18-30(26,29)4/h5-6,9-10,12-13,15-16,22,24,26,29H,7-8,11,14,17-21H2,1-4H3. The number of hydrogen-bond acceptors (Lipinski definition) is 3. The molecule has 0 aromatic heterocycles. The van der Waals surface area contributed by atoms with Gasteiger partial charge >= 0.3 is 0 Å². The third-order valence-electron chi connectivity index (χ3n) is 8.68. The van der Waals surface area contributed by atoms with Crippen molar-refractivity contribution in [1.29, 1.82) is 0 Å². The number of aryl methyl sites for hydroxylation is 2. The average Bonchev–Trinajstić information content (AvgIpc) is 2.81. The molecule has 3 nitrogen and oxygen atoms in total. The van der Waals surface area contributed by atoms with Gasteiger partial charge in [0.05, 0.1) is 11.5 Å². The van der Waals surface area contributed by atoms with Crippen molar-refractivity contribution < 1.29 is 12.6 Å². The molecule has 2 aliphatic rings. The lowest BCUT2D eigenvalue weighted by Crippen LogP contribution is -2.43. The van der Waals surface area contributed by atoms with E-state index in [4.69, 9.17) is 4.18 Å². The minimum absolute atomic E-state index is 0.249. The molecular weight excluding hydrogens is 440 g/mol. The molecular formula is C30H42O3S. The van der Waals surface area contributed by atoms with Crippen molar-refractivity contribution in [2.24, 2.45) is 23.2 Å². The van der Waals surface area contributed by atoms with Crippen LogP contribution < -0.4 is 0 Å². The molecule has 2 aliphatic carbocycles. The summed E-state index contributed by atoms with van der Waals surface area (Å²) in [5.74, 6) is 2.72. The first-order chi connectivity index (χ1) is 16.2. The molecule has 4 unspecified atom stereocenters. The first-order valence-corrected chi connectivity index (χ1v) is 14.6. The highest BCUT2D eigenvalue weighted by Crippen LogP contribution is 2.59. The average molecular weight is 483 g/mol. The Kier molecular flexibility index (Phi) is 7.89. The summed E-state index contributed by atoms with van der Waals surface area (Å²) in [4.78, 5) is 0.249. The van der Waals surface area contributed by atoms with Crippen LogP contribution in [0.15, 0.2) is 53.4 Å². The molecule has 4 heteroatoms. The second-order valence-corrected chi connectivity index (χ2v) is 13.1. The van der Waals surface area contributed by atoms with Crippen LogP contribution in [0.2, 0.25) is 0 Å². The Morgan fingerprint density at radius 1 is 1.03 bits per heavy atom. The van der Waals surface area contributed by atoms with Crippen LogP contribution in [0.3, 0.4) is 0 Å². The third kappa shape index (κ3) is 5.60. The quantitative estimate of drug-likeness (QED) is 0.272. The number of hydrogen-bond donors (Lipinski definition) is 0. The molecule has 2 aromatic carbocycles. The van der Waals surface area contributed by atoms with Gasteiger partial charge in [0.2, 0.25) is 0 Å². The van der Waals surface area contributed by atoms with Gasteiger partial charge in [-0.1, -0.05) is 69.2 Å². The molecule has 0 heterocycles. The van der Waals surface area contributed by atoms with Crippen LogP contribution in [0.1, 0.15) is 88.3 Å². The summed E-state index contributed by atoms with van der Waals surface area (Å²) in [6.07, 6.45) is 9.41. The summed E-state index contributed by atoms with van der Waals surface area (Å²) in [7, 11) is -3.68. The van der Waals surface area contributed by atoms with Gasteiger partial charge in [-0.25, -0.2) is 0 Å². The van der Waals surface area contributed by atoms with Crippen molar-refractivity contribution in [2.75, 3.05) is 6.61 Å². The second-order valence-electron chi connectivity index (χ2n) is 11.5. The minimum Gasteiger partial charge on any atom is -0.266 e. The van der Waals surface area contributed by atoms with E-state index in [1.54, 1.807) is 23.3 Å². The number of benzene rings is 2. The predicted molar refractivity (Wildman–Crippen MR) is 139 cm³/mol. The summed E-state index contributed by atoms with van der Waals surface area (Å²) in [6.45, 7) is 9.45. The molecule has 1 saturated carbocycles. The van der Waals surface area contributed by atoms with Gasteiger partial charge in [-0.3, -0.25) is 4.18 Å². The third-order valence-corrected chi connectivity index (χ3v) is 10.0. The van der Waals surface area contributed by atoms with Gasteiger partial charge in [-0.05, 0) is 104 Å². The van der Waals surface area contributed by atoms with Gasteiger partial charge in [0.1, 0.15) is 0 Å². The summed E-state index contributed by atoms with van der Waals surface area (Å²) in [6, 6.07) is 16.0. The highest BCUT2D eigenvalue weighted by Gasteiger charge is 2.48. The van der Waals surface area contributed by atoms with Gasteiger partial charge in [0.25, 0.3) is 10.1 Å². The number of fused-ring (bicyclic) bond motifs is 3. The normalized spacial score (nSPS) is 26.8. The maximum absolute atomic E-state index is 12.5. The van der Waals surface area contributed by atoms with Gasteiger partial charge in [-0.2, -0.15) is 8.42 Å². The maximum atomic E-state index is 12.5. The summed E-state index contributed by atoms with van der Waals surface area (Å²) in [5.41, 5.74) is 4.54. The highest BCUT2D eigenvalue weighted by atomic mass is 32.2. The molecule has 0 aliphatic heterocycles. The number of rotatable bonds is 9. The lowest BCUT2D eigenvalue weighted by Gasteiger charge is -2.54. The van der Waals surface area contributed by atoms with Crippen LogP contribution in [-0.2, 0) is 20.7 Å². The molecule has 186 valence electrons. The highest BCUT2D eigenvalue weighted by molar-refractivity contribution is 7.86. The van der Waals surface area contributed by atoms with Crippen molar-refractivity contribution in [3.8, 4) is 0 Å². The topological polar surface area (TPSA) is 43.4 Å². The van der Waals surface area contributed by atoms with Crippen LogP contribution in [0.25, 0.3) is 0 Å². The van der Waals surface area contributed by atoms with Crippen LogP contribution in [0.5, 0.6) is 0 Å². The van der Waals surface area contributed by atoms with E-state index in [9.17, 15) is 8.42 Å². The molecule has 4 atom stereocenters. The van der Waals surface area contributed by atoms with Crippen molar-refractivity contribution in [2.45, 2.75) is 89.9 Å². The molecule has 1 fully saturated rings. The molecule has 4 rings (SSSR count).